The molecule has 1 unspecified atom stereocenters. The lowest BCUT2D eigenvalue weighted by Crippen LogP contribution is -2.48. The normalized spacial score (nSPS) is 21.7. The van der Waals surface area contributed by atoms with Crippen molar-refractivity contribution in [3.63, 3.8) is 0 Å². The Bertz CT molecular complexity index is 326. The molecule has 1 aliphatic rings. The van der Waals surface area contributed by atoms with E-state index in [9.17, 15) is 4.79 Å². The summed E-state index contributed by atoms with van der Waals surface area (Å²) < 4.78 is 5.34. The number of aromatic amines is 1. The molecule has 3 N–H and O–H groups in total. The minimum absolute atomic E-state index is 0.0765. The molecular formula is C7H12N6O2. The van der Waals surface area contributed by atoms with E-state index in [2.05, 4.69) is 20.6 Å². The van der Waals surface area contributed by atoms with E-state index >= 15 is 0 Å². The monoisotopic (exact) mass is 212 g/mol. The lowest BCUT2D eigenvalue weighted by Gasteiger charge is -2.31. The van der Waals surface area contributed by atoms with E-state index in [4.69, 9.17) is 10.5 Å². The molecular weight excluding hydrogens is 200 g/mol. The Labute approximate surface area is 85.8 Å². The zero-order valence-electron chi connectivity index (χ0n) is 8.09. The number of ether oxygens (including phenoxy) is 1. The van der Waals surface area contributed by atoms with Gasteiger partial charge in [-0.15, -0.1) is 10.2 Å². The molecule has 82 valence electrons. The number of rotatable bonds is 2. The van der Waals surface area contributed by atoms with Gasteiger partial charge in [0.25, 0.3) is 11.7 Å². The Hall–Kier alpha value is -1.54. The van der Waals surface area contributed by atoms with E-state index in [1.807, 2.05) is 0 Å². The van der Waals surface area contributed by atoms with Crippen LogP contribution in [-0.4, -0.2) is 63.8 Å². The predicted molar refractivity (Wildman–Crippen MR) is 48.9 cm³/mol. The van der Waals surface area contributed by atoms with E-state index in [1.54, 1.807) is 4.90 Å². The minimum atomic E-state index is -0.245. The molecule has 2 heterocycles. The molecule has 1 aliphatic heterocycles. The Morgan fingerprint density at radius 1 is 1.73 bits per heavy atom. The fourth-order valence-corrected chi connectivity index (χ4v) is 1.44. The van der Waals surface area contributed by atoms with Gasteiger partial charge in [-0.25, -0.2) is 0 Å². The summed E-state index contributed by atoms with van der Waals surface area (Å²) in [6.45, 7) is 1.90. The molecule has 0 radical (unpaired) electrons. The zero-order valence-corrected chi connectivity index (χ0v) is 8.09. The largest absolute Gasteiger partial charge is 0.373 e. The van der Waals surface area contributed by atoms with Crippen LogP contribution in [0.15, 0.2) is 0 Å². The summed E-state index contributed by atoms with van der Waals surface area (Å²) in [5.41, 5.74) is 5.47. The highest BCUT2D eigenvalue weighted by molar-refractivity contribution is 5.90. The number of nitrogens with zero attached hydrogens (tertiary/aromatic N) is 4. The van der Waals surface area contributed by atoms with Crippen molar-refractivity contribution in [3.05, 3.63) is 5.82 Å². The number of tetrazole rings is 1. The lowest BCUT2D eigenvalue weighted by atomic mass is 10.2. The number of nitrogens with two attached hydrogens (primary N) is 1. The van der Waals surface area contributed by atoms with Gasteiger partial charge in [0, 0.05) is 19.6 Å². The maximum atomic E-state index is 11.8. The summed E-state index contributed by atoms with van der Waals surface area (Å²) in [6, 6.07) is 0. The van der Waals surface area contributed by atoms with Gasteiger partial charge in [-0.2, -0.15) is 5.21 Å². The number of carbonyl (C=O) groups is 1. The molecule has 8 nitrogen and oxygen atoms in total. The quantitative estimate of drug-likeness (QED) is 0.586. The molecule has 15 heavy (non-hydrogen) atoms. The third kappa shape index (κ3) is 2.10. The van der Waals surface area contributed by atoms with Crippen molar-refractivity contribution in [1.82, 2.24) is 25.5 Å². The molecule has 1 atom stereocenters. The van der Waals surface area contributed by atoms with Crippen LogP contribution in [0.25, 0.3) is 0 Å². The average molecular weight is 212 g/mol. The molecule has 1 saturated heterocycles. The van der Waals surface area contributed by atoms with E-state index < -0.39 is 0 Å². The van der Waals surface area contributed by atoms with Crippen molar-refractivity contribution in [2.75, 3.05) is 26.2 Å². The maximum absolute atomic E-state index is 11.8. The fourth-order valence-electron chi connectivity index (χ4n) is 1.44. The van der Waals surface area contributed by atoms with E-state index in [1.165, 1.54) is 0 Å². The van der Waals surface area contributed by atoms with E-state index in [0.29, 0.717) is 26.2 Å². The van der Waals surface area contributed by atoms with Crippen LogP contribution in [0.2, 0.25) is 0 Å². The van der Waals surface area contributed by atoms with Crippen LogP contribution in [0.3, 0.4) is 0 Å². The van der Waals surface area contributed by atoms with Crippen molar-refractivity contribution in [2.45, 2.75) is 6.10 Å². The van der Waals surface area contributed by atoms with Gasteiger partial charge in [-0.3, -0.25) is 4.79 Å². The first kappa shape index (κ1) is 9.99. The standard InChI is InChI=1S/C7H12N6O2/c8-3-5-4-13(1-2-15-5)7(14)6-9-11-12-10-6/h5H,1-4,8H2,(H,9,10,11,12). The van der Waals surface area contributed by atoms with Crippen molar-refractivity contribution < 1.29 is 9.53 Å². The third-order valence-electron chi connectivity index (χ3n) is 2.23. The summed E-state index contributed by atoms with van der Waals surface area (Å²) in [7, 11) is 0. The predicted octanol–water partition coefficient (Wildman–Crippen LogP) is -2.00. The summed E-state index contributed by atoms with van der Waals surface area (Å²) in [5, 5.41) is 12.8. The first-order valence-electron chi connectivity index (χ1n) is 4.65. The van der Waals surface area contributed by atoms with E-state index in [-0.39, 0.29) is 17.8 Å². The average Bonchev–Trinajstić information content (AvgIpc) is 2.81. The van der Waals surface area contributed by atoms with Crippen LogP contribution in [0.5, 0.6) is 0 Å². The van der Waals surface area contributed by atoms with Crippen molar-refractivity contribution in [1.29, 1.82) is 0 Å². The molecule has 0 spiro atoms. The van der Waals surface area contributed by atoms with Crippen LogP contribution >= 0.6 is 0 Å². The highest BCUT2D eigenvalue weighted by Crippen LogP contribution is 2.06. The van der Waals surface area contributed by atoms with Gasteiger partial charge in [0.05, 0.1) is 12.7 Å². The van der Waals surface area contributed by atoms with Gasteiger partial charge >= 0.3 is 0 Å². The molecule has 1 aromatic heterocycles. The van der Waals surface area contributed by atoms with Crippen LogP contribution < -0.4 is 5.73 Å². The summed E-state index contributed by atoms with van der Waals surface area (Å²) in [6.07, 6.45) is -0.102. The smallest absolute Gasteiger partial charge is 0.295 e. The van der Waals surface area contributed by atoms with Crippen LogP contribution in [0.4, 0.5) is 0 Å². The SMILES string of the molecule is NCC1CN(C(=O)c2nn[nH]n2)CCO1. The number of nitrogens with one attached hydrogen (secondary N) is 1. The molecule has 1 amide bonds. The van der Waals surface area contributed by atoms with Crippen molar-refractivity contribution in [3.8, 4) is 0 Å². The topological polar surface area (TPSA) is 110 Å². The second kappa shape index (κ2) is 4.32. The maximum Gasteiger partial charge on any atom is 0.295 e. The van der Waals surface area contributed by atoms with Gasteiger partial charge < -0.3 is 15.4 Å². The first-order valence-corrected chi connectivity index (χ1v) is 4.65. The summed E-state index contributed by atoms with van der Waals surface area (Å²) >= 11 is 0. The zero-order chi connectivity index (χ0) is 10.7. The molecule has 1 aromatic rings. The summed E-state index contributed by atoms with van der Waals surface area (Å²) in [4.78, 5) is 13.4. The molecule has 0 saturated carbocycles. The molecule has 0 bridgehead atoms. The summed E-state index contributed by atoms with van der Waals surface area (Å²) in [5.74, 6) is -0.168. The van der Waals surface area contributed by atoms with Crippen molar-refractivity contribution >= 4 is 5.91 Å². The van der Waals surface area contributed by atoms with Crippen LogP contribution in [0.1, 0.15) is 10.6 Å². The molecule has 0 aliphatic carbocycles. The number of aromatic nitrogens is 4. The number of hydrogen-bond donors (Lipinski definition) is 2. The van der Waals surface area contributed by atoms with Crippen molar-refractivity contribution in [2.24, 2.45) is 5.73 Å². The van der Waals surface area contributed by atoms with Gasteiger partial charge in [-0.05, 0) is 5.21 Å². The Morgan fingerprint density at radius 3 is 3.27 bits per heavy atom. The Morgan fingerprint density at radius 2 is 2.60 bits per heavy atom. The Balaban J connectivity index is 2.01. The van der Waals surface area contributed by atoms with Gasteiger partial charge in [-0.1, -0.05) is 0 Å². The number of morpholine rings is 1. The number of carbonyl (C=O) groups excluding carboxylic acids is 1. The van der Waals surface area contributed by atoms with Gasteiger partial charge in [0.1, 0.15) is 0 Å². The van der Waals surface area contributed by atoms with Gasteiger partial charge in [0.15, 0.2) is 0 Å². The number of amides is 1. The molecule has 1 fully saturated rings. The molecule has 0 aromatic carbocycles. The van der Waals surface area contributed by atoms with Crippen LogP contribution in [0, 0.1) is 0 Å². The Kier molecular flexibility index (Phi) is 2.88. The van der Waals surface area contributed by atoms with Crippen LogP contribution in [-0.2, 0) is 4.74 Å². The number of hydrogen-bond acceptors (Lipinski definition) is 6. The third-order valence-corrected chi connectivity index (χ3v) is 2.23. The first-order chi connectivity index (χ1) is 7.31. The fraction of sp³-hybridized carbons (Fsp3) is 0.714. The molecule has 2 rings (SSSR count). The second-order valence-electron chi connectivity index (χ2n) is 3.22. The van der Waals surface area contributed by atoms with E-state index in [0.717, 1.165) is 0 Å². The highest BCUT2D eigenvalue weighted by atomic mass is 16.5. The lowest BCUT2D eigenvalue weighted by molar-refractivity contribution is -0.0171. The number of H-pyrrole nitrogens is 1. The molecule has 8 heteroatoms. The van der Waals surface area contributed by atoms with Gasteiger partial charge in [0.2, 0.25) is 0 Å². The second-order valence-corrected chi connectivity index (χ2v) is 3.22. The minimum Gasteiger partial charge on any atom is -0.373 e. The highest BCUT2D eigenvalue weighted by Gasteiger charge is 2.26.